The molecule has 6 heteroatoms. The Morgan fingerprint density at radius 2 is 2.00 bits per heavy atom. The minimum absolute atomic E-state index is 0.0235. The van der Waals surface area contributed by atoms with Gasteiger partial charge in [-0.25, -0.2) is 13.6 Å². The van der Waals surface area contributed by atoms with Gasteiger partial charge in [-0.3, -0.25) is 4.79 Å². The molecule has 1 aliphatic rings. The van der Waals surface area contributed by atoms with Crippen LogP contribution in [0, 0.1) is 12.8 Å². The van der Waals surface area contributed by atoms with Crippen molar-refractivity contribution in [2.75, 3.05) is 6.54 Å². The minimum Gasteiger partial charge on any atom is -0.335 e. The molecule has 0 unspecified atom stereocenters. The molecule has 1 saturated carbocycles. The van der Waals surface area contributed by atoms with Crippen LogP contribution in [0.3, 0.4) is 0 Å². The largest absolute Gasteiger partial charge is 0.335 e. The second-order valence-corrected chi connectivity index (χ2v) is 7.67. The summed E-state index contributed by atoms with van der Waals surface area (Å²) in [6.07, 6.45) is 2.10. The van der Waals surface area contributed by atoms with E-state index in [1.54, 1.807) is 13.0 Å². The summed E-state index contributed by atoms with van der Waals surface area (Å²) in [7, 11) is -3.74. The van der Waals surface area contributed by atoms with Gasteiger partial charge in [-0.05, 0) is 49.4 Å². The lowest BCUT2D eigenvalue weighted by Crippen LogP contribution is -2.36. The highest BCUT2D eigenvalue weighted by Gasteiger charge is 2.33. The van der Waals surface area contributed by atoms with E-state index < -0.39 is 10.0 Å². The zero-order chi connectivity index (χ0) is 15.8. The molecule has 1 fully saturated rings. The average molecular weight is 310 g/mol. The molecule has 1 aromatic rings. The molecule has 2 N–H and O–H groups in total. The van der Waals surface area contributed by atoms with Gasteiger partial charge in [-0.2, -0.15) is 0 Å². The van der Waals surface area contributed by atoms with Crippen LogP contribution in [0.25, 0.3) is 0 Å². The molecule has 1 aromatic carbocycles. The number of aryl methyl sites for hydroxylation is 1. The zero-order valence-corrected chi connectivity index (χ0v) is 13.5. The van der Waals surface area contributed by atoms with E-state index in [9.17, 15) is 13.2 Å². The third-order valence-electron chi connectivity index (χ3n) is 3.57. The molecule has 0 bridgehead atoms. The monoisotopic (exact) mass is 310 g/mol. The van der Waals surface area contributed by atoms with E-state index in [2.05, 4.69) is 13.8 Å². The number of benzene rings is 1. The summed E-state index contributed by atoms with van der Waals surface area (Å²) >= 11 is 0. The summed E-state index contributed by atoms with van der Waals surface area (Å²) in [6.45, 7) is 6.63. The van der Waals surface area contributed by atoms with Gasteiger partial charge in [0, 0.05) is 18.2 Å². The lowest BCUT2D eigenvalue weighted by molar-refractivity contribution is 0.0721. The molecule has 1 aliphatic carbocycles. The van der Waals surface area contributed by atoms with E-state index >= 15 is 0 Å². The predicted molar refractivity (Wildman–Crippen MR) is 81.4 cm³/mol. The van der Waals surface area contributed by atoms with Crippen molar-refractivity contribution in [2.45, 2.75) is 44.6 Å². The second kappa shape index (κ2) is 5.77. The van der Waals surface area contributed by atoms with Gasteiger partial charge >= 0.3 is 0 Å². The number of primary sulfonamides is 1. The number of amides is 1. The van der Waals surface area contributed by atoms with Crippen molar-refractivity contribution >= 4 is 15.9 Å². The standard InChI is InChI=1S/C15H22N2O3S/c1-10(2)9-17(12-4-5-12)15(18)14-7-6-13(8-11(14)3)21(16,19)20/h6-8,10,12H,4-5,9H2,1-3H3,(H2,16,19,20). The lowest BCUT2D eigenvalue weighted by atomic mass is 10.1. The number of carbonyl (C=O) groups is 1. The fourth-order valence-corrected chi connectivity index (χ4v) is 2.98. The first-order valence-electron chi connectivity index (χ1n) is 7.14. The highest BCUT2D eigenvalue weighted by molar-refractivity contribution is 7.89. The molecular weight excluding hydrogens is 288 g/mol. The van der Waals surface area contributed by atoms with Gasteiger partial charge in [0.15, 0.2) is 0 Å². The Morgan fingerprint density at radius 3 is 2.43 bits per heavy atom. The first kappa shape index (κ1) is 16.0. The van der Waals surface area contributed by atoms with Gasteiger partial charge < -0.3 is 4.90 Å². The Bertz CT molecular complexity index is 649. The molecule has 116 valence electrons. The molecule has 0 radical (unpaired) electrons. The maximum absolute atomic E-state index is 12.7. The Labute approximate surface area is 126 Å². The lowest BCUT2D eigenvalue weighted by Gasteiger charge is -2.25. The predicted octanol–water partition coefficient (Wildman–Crippen LogP) is 1.90. The summed E-state index contributed by atoms with van der Waals surface area (Å²) < 4.78 is 22.7. The quantitative estimate of drug-likeness (QED) is 0.902. The number of hydrogen-bond donors (Lipinski definition) is 1. The molecule has 1 amide bonds. The van der Waals surface area contributed by atoms with Crippen molar-refractivity contribution in [1.29, 1.82) is 0 Å². The van der Waals surface area contributed by atoms with Gasteiger partial charge in [0.05, 0.1) is 4.90 Å². The van der Waals surface area contributed by atoms with Crippen LogP contribution in [0.15, 0.2) is 23.1 Å². The number of sulfonamides is 1. The fraction of sp³-hybridized carbons (Fsp3) is 0.533. The summed E-state index contributed by atoms with van der Waals surface area (Å²) in [4.78, 5) is 14.6. The van der Waals surface area contributed by atoms with Gasteiger partial charge in [0.2, 0.25) is 10.0 Å². The maximum atomic E-state index is 12.7. The third-order valence-corrected chi connectivity index (χ3v) is 4.48. The zero-order valence-electron chi connectivity index (χ0n) is 12.7. The number of carbonyl (C=O) groups excluding carboxylic acids is 1. The van der Waals surface area contributed by atoms with Crippen LogP contribution < -0.4 is 5.14 Å². The van der Waals surface area contributed by atoms with Crippen molar-refractivity contribution in [3.05, 3.63) is 29.3 Å². The average Bonchev–Trinajstić information content (AvgIpc) is 3.18. The molecule has 21 heavy (non-hydrogen) atoms. The van der Waals surface area contributed by atoms with Crippen LogP contribution in [0.5, 0.6) is 0 Å². The molecule has 0 aliphatic heterocycles. The Hall–Kier alpha value is -1.40. The van der Waals surface area contributed by atoms with Crippen LogP contribution in [0.1, 0.15) is 42.6 Å². The second-order valence-electron chi connectivity index (χ2n) is 6.10. The van der Waals surface area contributed by atoms with Crippen LogP contribution in [-0.4, -0.2) is 31.8 Å². The van der Waals surface area contributed by atoms with E-state index in [1.165, 1.54) is 12.1 Å². The molecule has 0 saturated heterocycles. The Morgan fingerprint density at radius 1 is 1.38 bits per heavy atom. The molecular formula is C15H22N2O3S. The number of nitrogens with zero attached hydrogens (tertiary/aromatic N) is 1. The van der Waals surface area contributed by atoms with E-state index in [0.717, 1.165) is 19.4 Å². The summed E-state index contributed by atoms with van der Waals surface area (Å²) in [6, 6.07) is 4.75. The molecule has 5 nitrogen and oxygen atoms in total. The smallest absolute Gasteiger partial charge is 0.254 e. The summed E-state index contributed by atoms with van der Waals surface area (Å²) in [5.74, 6) is 0.378. The van der Waals surface area contributed by atoms with E-state index in [1.807, 2.05) is 4.90 Å². The van der Waals surface area contributed by atoms with Gasteiger partial charge in [0.1, 0.15) is 0 Å². The summed E-state index contributed by atoms with van der Waals surface area (Å²) in [5.41, 5.74) is 1.19. The topological polar surface area (TPSA) is 80.5 Å². The molecule has 2 rings (SSSR count). The molecule has 0 spiro atoms. The van der Waals surface area contributed by atoms with Crippen molar-refractivity contribution in [1.82, 2.24) is 4.90 Å². The van der Waals surface area contributed by atoms with E-state index in [-0.39, 0.29) is 10.8 Å². The highest BCUT2D eigenvalue weighted by atomic mass is 32.2. The minimum atomic E-state index is -3.74. The fourth-order valence-electron chi connectivity index (χ4n) is 2.39. The molecule has 0 aromatic heterocycles. The van der Waals surface area contributed by atoms with Crippen LogP contribution >= 0.6 is 0 Å². The van der Waals surface area contributed by atoms with Crippen molar-refractivity contribution in [3.63, 3.8) is 0 Å². The first-order valence-corrected chi connectivity index (χ1v) is 8.69. The Kier molecular flexibility index (Phi) is 4.39. The highest BCUT2D eigenvalue weighted by Crippen LogP contribution is 2.30. The van der Waals surface area contributed by atoms with E-state index in [0.29, 0.717) is 23.1 Å². The SMILES string of the molecule is Cc1cc(S(N)(=O)=O)ccc1C(=O)N(CC(C)C)C1CC1. The van der Waals surface area contributed by atoms with Crippen LogP contribution in [0.4, 0.5) is 0 Å². The van der Waals surface area contributed by atoms with E-state index in [4.69, 9.17) is 5.14 Å². The number of rotatable bonds is 5. The molecule has 0 heterocycles. The number of hydrogen-bond acceptors (Lipinski definition) is 3. The van der Waals surface area contributed by atoms with Crippen LogP contribution in [0.2, 0.25) is 0 Å². The number of nitrogens with two attached hydrogens (primary N) is 1. The third kappa shape index (κ3) is 3.83. The first-order chi connectivity index (χ1) is 9.70. The van der Waals surface area contributed by atoms with Crippen LogP contribution in [-0.2, 0) is 10.0 Å². The maximum Gasteiger partial charge on any atom is 0.254 e. The van der Waals surface area contributed by atoms with Crippen molar-refractivity contribution in [3.8, 4) is 0 Å². The molecule has 0 atom stereocenters. The normalized spacial score (nSPS) is 15.3. The van der Waals surface area contributed by atoms with Gasteiger partial charge in [0.25, 0.3) is 5.91 Å². The Balaban J connectivity index is 2.30. The summed E-state index contributed by atoms with van der Waals surface area (Å²) in [5, 5.41) is 5.11. The van der Waals surface area contributed by atoms with Crippen molar-refractivity contribution < 1.29 is 13.2 Å². The van der Waals surface area contributed by atoms with Gasteiger partial charge in [-0.1, -0.05) is 13.8 Å². The van der Waals surface area contributed by atoms with Gasteiger partial charge in [-0.15, -0.1) is 0 Å². The van der Waals surface area contributed by atoms with Crippen molar-refractivity contribution in [2.24, 2.45) is 11.1 Å².